The van der Waals surface area contributed by atoms with E-state index in [1.165, 1.54) is 31.2 Å². The molecular formula is C17H25NO2. The van der Waals surface area contributed by atoms with Crippen molar-refractivity contribution >= 4 is 0 Å². The molecule has 20 heavy (non-hydrogen) atoms. The first kappa shape index (κ1) is 13.9. The highest BCUT2D eigenvalue weighted by atomic mass is 16.5. The minimum Gasteiger partial charge on any atom is -0.497 e. The summed E-state index contributed by atoms with van der Waals surface area (Å²) >= 11 is 0. The third kappa shape index (κ3) is 2.70. The van der Waals surface area contributed by atoms with Gasteiger partial charge in [-0.2, -0.15) is 0 Å². The second-order valence-electron chi connectivity index (χ2n) is 6.07. The van der Waals surface area contributed by atoms with Crippen LogP contribution in [0.1, 0.15) is 49.3 Å². The molecule has 1 aliphatic heterocycles. The summed E-state index contributed by atoms with van der Waals surface area (Å²) < 4.78 is 5.30. The van der Waals surface area contributed by atoms with Gasteiger partial charge in [0.05, 0.1) is 13.2 Å². The molecule has 1 fully saturated rings. The van der Waals surface area contributed by atoms with Crippen molar-refractivity contribution in [1.29, 1.82) is 0 Å². The fourth-order valence-electron chi connectivity index (χ4n) is 3.68. The molecule has 0 aromatic heterocycles. The van der Waals surface area contributed by atoms with Crippen LogP contribution in [0.25, 0.3) is 0 Å². The summed E-state index contributed by atoms with van der Waals surface area (Å²) in [6.07, 6.45) is 6.99. The number of nitrogens with zero attached hydrogens (tertiary/aromatic N) is 1. The number of fused-ring (bicyclic) bond motifs is 1. The van der Waals surface area contributed by atoms with Crippen LogP contribution >= 0.6 is 0 Å². The Morgan fingerprint density at radius 2 is 1.90 bits per heavy atom. The summed E-state index contributed by atoms with van der Waals surface area (Å²) in [4.78, 5) is 2.51. The van der Waals surface area contributed by atoms with Crippen molar-refractivity contribution < 1.29 is 9.84 Å². The van der Waals surface area contributed by atoms with Gasteiger partial charge in [-0.15, -0.1) is 0 Å². The normalized spacial score (nSPS) is 27.7. The number of ether oxygens (including phenoxy) is 1. The molecule has 110 valence electrons. The van der Waals surface area contributed by atoms with Crippen LogP contribution in [0, 0.1) is 0 Å². The molecule has 1 N–H and O–H groups in total. The number of benzene rings is 1. The Bertz CT molecular complexity index is 452. The molecule has 1 aromatic carbocycles. The van der Waals surface area contributed by atoms with Gasteiger partial charge in [0, 0.05) is 6.04 Å². The minimum absolute atomic E-state index is 0.285. The lowest BCUT2D eigenvalue weighted by atomic mass is 9.84. The van der Waals surface area contributed by atoms with E-state index >= 15 is 0 Å². The van der Waals surface area contributed by atoms with E-state index in [0.29, 0.717) is 0 Å². The Morgan fingerprint density at radius 3 is 2.60 bits per heavy atom. The Labute approximate surface area is 121 Å². The molecule has 2 unspecified atom stereocenters. The fraction of sp³-hybridized carbons (Fsp3) is 0.647. The maximum absolute atomic E-state index is 10.8. The molecule has 3 nitrogen and oxygen atoms in total. The Morgan fingerprint density at radius 1 is 1.15 bits per heavy atom. The number of aliphatic hydroxyl groups excluding tert-OH is 1. The predicted octanol–water partition coefficient (Wildman–Crippen LogP) is 2.92. The summed E-state index contributed by atoms with van der Waals surface area (Å²) in [5.41, 5.74) is 2.36. The maximum Gasteiger partial charge on any atom is 0.119 e. The second kappa shape index (κ2) is 6.15. The molecule has 2 atom stereocenters. The number of methoxy groups -OCH3 is 1. The highest BCUT2D eigenvalue weighted by Gasteiger charge is 2.32. The van der Waals surface area contributed by atoms with Crippen molar-refractivity contribution in [3.8, 4) is 5.75 Å². The lowest BCUT2D eigenvalue weighted by molar-refractivity contribution is 0.0375. The Kier molecular flexibility index (Phi) is 4.27. The molecule has 0 amide bonds. The quantitative estimate of drug-likeness (QED) is 0.901. The first-order valence-corrected chi connectivity index (χ1v) is 7.88. The van der Waals surface area contributed by atoms with Crippen molar-refractivity contribution in [2.24, 2.45) is 0 Å². The number of aryl methyl sites for hydroxylation is 1. The van der Waals surface area contributed by atoms with Gasteiger partial charge in [-0.05, 0) is 62.0 Å². The van der Waals surface area contributed by atoms with E-state index in [1.54, 1.807) is 7.11 Å². The van der Waals surface area contributed by atoms with E-state index in [1.807, 2.05) is 12.1 Å². The number of likely N-dealkylation sites (tertiary alicyclic amines) is 1. The van der Waals surface area contributed by atoms with Gasteiger partial charge in [-0.3, -0.25) is 4.90 Å². The molecule has 1 heterocycles. The van der Waals surface area contributed by atoms with Gasteiger partial charge < -0.3 is 9.84 Å². The highest BCUT2D eigenvalue weighted by Crippen LogP contribution is 2.35. The van der Waals surface area contributed by atoms with E-state index in [4.69, 9.17) is 4.74 Å². The zero-order valence-electron chi connectivity index (χ0n) is 12.3. The largest absolute Gasteiger partial charge is 0.497 e. The molecule has 1 aliphatic carbocycles. The maximum atomic E-state index is 10.8. The first-order chi connectivity index (χ1) is 9.79. The van der Waals surface area contributed by atoms with Crippen LogP contribution in [0.5, 0.6) is 5.75 Å². The zero-order valence-corrected chi connectivity index (χ0v) is 12.3. The van der Waals surface area contributed by atoms with E-state index in [-0.39, 0.29) is 12.1 Å². The van der Waals surface area contributed by atoms with E-state index in [0.717, 1.165) is 37.2 Å². The van der Waals surface area contributed by atoms with E-state index in [2.05, 4.69) is 11.0 Å². The average molecular weight is 275 g/mol. The molecule has 2 aliphatic rings. The van der Waals surface area contributed by atoms with Gasteiger partial charge in [0.25, 0.3) is 0 Å². The van der Waals surface area contributed by atoms with Gasteiger partial charge in [0.15, 0.2) is 0 Å². The minimum atomic E-state index is -0.369. The van der Waals surface area contributed by atoms with E-state index < -0.39 is 0 Å². The van der Waals surface area contributed by atoms with Crippen molar-refractivity contribution in [2.75, 3.05) is 20.2 Å². The molecule has 0 bridgehead atoms. The molecule has 0 spiro atoms. The topological polar surface area (TPSA) is 32.7 Å². The first-order valence-electron chi connectivity index (χ1n) is 7.88. The summed E-state index contributed by atoms with van der Waals surface area (Å²) in [6.45, 7) is 2.28. The van der Waals surface area contributed by atoms with Crippen molar-refractivity contribution in [1.82, 2.24) is 4.90 Å². The molecule has 1 aromatic rings. The van der Waals surface area contributed by atoms with Gasteiger partial charge >= 0.3 is 0 Å². The van der Waals surface area contributed by atoms with Gasteiger partial charge in [0.1, 0.15) is 5.75 Å². The number of aliphatic hydroxyl groups is 1. The summed E-state index contributed by atoms with van der Waals surface area (Å²) in [6, 6.07) is 6.41. The van der Waals surface area contributed by atoms with Gasteiger partial charge in [-0.1, -0.05) is 18.9 Å². The van der Waals surface area contributed by atoms with Crippen molar-refractivity contribution in [3.05, 3.63) is 29.3 Å². The SMILES string of the molecule is COc1ccc2c(c1)C(O)C(N1CCCCCC1)CC2. The summed E-state index contributed by atoms with van der Waals surface area (Å²) in [7, 11) is 1.68. The zero-order chi connectivity index (χ0) is 13.9. The smallest absolute Gasteiger partial charge is 0.119 e. The molecule has 3 heteroatoms. The average Bonchev–Trinajstić information content (AvgIpc) is 2.76. The second-order valence-corrected chi connectivity index (χ2v) is 6.07. The fourth-order valence-corrected chi connectivity index (χ4v) is 3.68. The molecule has 3 rings (SSSR count). The molecule has 0 saturated carbocycles. The monoisotopic (exact) mass is 275 g/mol. The summed E-state index contributed by atoms with van der Waals surface area (Å²) in [5.74, 6) is 0.847. The van der Waals surface area contributed by atoms with Gasteiger partial charge in [0.2, 0.25) is 0 Å². The van der Waals surface area contributed by atoms with Crippen LogP contribution in [0.2, 0.25) is 0 Å². The number of hydrogen-bond donors (Lipinski definition) is 1. The van der Waals surface area contributed by atoms with Crippen LogP contribution in [-0.2, 0) is 6.42 Å². The highest BCUT2D eigenvalue weighted by molar-refractivity contribution is 5.39. The van der Waals surface area contributed by atoms with E-state index in [9.17, 15) is 5.11 Å². The molecule has 0 radical (unpaired) electrons. The van der Waals surface area contributed by atoms with Crippen LogP contribution in [0.4, 0.5) is 0 Å². The third-order valence-electron chi connectivity index (χ3n) is 4.86. The summed E-state index contributed by atoms with van der Waals surface area (Å²) in [5, 5.41) is 10.8. The van der Waals surface area contributed by atoms with Crippen LogP contribution < -0.4 is 4.74 Å². The number of rotatable bonds is 2. The third-order valence-corrected chi connectivity index (χ3v) is 4.86. The Hall–Kier alpha value is -1.06. The van der Waals surface area contributed by atoms with Crippen LogP contribution in [-0.4, -0.2) is 36.2 Å². The van der Waals surface area contributed by atoms with Crippen molar-refractivity contribution in [3.63, 3.8) is 0 Å². The van der Waals surface area contributed by atoms with Gasteiger partial charge in [-0.25, -0.2) is 0 Å². The molecular weight excluding hydrogens is 250 g/mol. The standard InChI is InChI=1S/C17H25NO2/c1-20-14-8-6-13-7-9-16(17(19)15(13)12-14)18-10-4-2-3-5-11-18/h6,8,12,16-17,19H,2-5,7,9-11H2,1H3. The lowest BCUT2D eigenvalue weighted by Crippen LogP contribution is -2.42. The molecule has 1 saturated heterocycles. The number of hydrogen-bond acceptors (Lipinski definition) is 3. The van der Waals surface area contributed by atoms with Crippen LogP contribution in [0.15, 0.2) is 18.2 Å². The van der Waals surface area contributed by atoms with Crippen LogP contribution in [0.3, 0.4) is 0 Å². The predicted molar refractivity (Wildman–Crippen MR) is 80.1 cm³/mol. The Balaban J connectivity index is 1.81. The van der Waals surface area contributed by atoms with Crippen molar-refractivity contribution in [2.45, 2.75) is 50.7 Å². The lowest BCUT2D eigenvalue weighted by Gasteiger charge is -2.38.